The molecule has 0 spiro atoms. The summed E-state index contributed by atoms with van der Waals surface area (Å²) in [4.78, 5) is 11.9. The van der Waals surface area contributed by atoms with E-state index in [1.165, 1.54) is 17.5 Å². The van der Waals surface area contributed by atoms with E-state index in [4.69, 9.17) is 16.3 Å². The van der Waals surface area contributed by atoms with Crippen LogP contribution in [0.4, 0.5) is 5.69 Å². The van der Waals surface area contributed by atoms with Crippen molar-refractivity contribution in [3.05, 3.63) is 21.6 Å². The molecule has 1 aromatic rings. The summed E-state index contributed by atoms with van der Waals surface area (Å²) in [6, 6.07) is 0. The Bertz CT molecular complexity index is 484. The Kier molecular flexibility index (Phi) is 5.86. The number of ether oxygens (including phenoxy) is 1. The lowest BCUT2D eigenvalue weighted by atomic mass is 10.3. The Balaban J connectivity index is 1.83. The third kappa shape index (κ3) is 3.96. The molecule has 1 aromatic heterocycles. The third-order valence-electron chi connectivity index (χ3n) is 3.49. The highest BCUT2D eigenvalue weighted by molar-refractivity contribution is 6.32. The van der Waals surface area contributed by atoms with Crippen LogP contribution in [0.15, 0.2) is 11.0 Å². The average molecular weight is 300 g/mol. The van der Waals surface area contributed by atoms with E-state index < -0.39 is 0 Å². The van der Waals surface area contributed by atoms with Gasteiger partial charge in [0.2, 0.25) is 0 Å². The molecule has 5 nitrogen and oxygen atoms in total. The van der Waals surface area contributed by atoms with Crippen molar-refractivity contribution in [3.8, 4) is 0 Å². The molecule has 0 amide bonds. The number of hydrogen-bond acceptors (Lipinski definition) is 4. The summed E-state index contributed by atoms with van der Waals surface area (Å²) < 4.78 is 7.14. The van der Waals surface area contributed by atoms with Gasteiger partial charge in [0.15, 0.2) is 0 Å². The summed E-state index contributed by atoms with van der Waals surface area (Å²) in [6.07, 6.45) is 7.72. The highest BCUT2D eigenvalue weighted by Crippen LogP contribution is 2.20. The lowest BCUT2D eigenvalue weighted by molar-refractivity contribution is 0.0659. The van der Waals surface area contributed by atoms with Gasteiger partial charge in [-0.05, 0) is 19.3 Å². The van der Waals surface area contributed by atoms with E-state index in [0.717, 1.165) is 19.3 Å². The molecule has 0 radical (unpaired) electrons. The molecule has 1 aliphatic rings. The monoisotopic (exact) mass is 299 g/mol. The summed E-state index contributed by atoms with van der Waals surface area (Å²) in [5, 5.41) is 7.42. The largest absolute Gasteiger partial charge is 0.380 e. The van der Waals surface area contributed by atoms with Crippen molar-refractivity contribution in [2.45, 2.75) is 51.7 Å². The Morgan fingerprint density at radius 2 is 2.25 bits per heavy atom. The number of halogens is 1. The summed E-state index contributed by atoms with van der Waals surface area (Å²) in [5.41, 5.74) is 0.342. The molecule has 0 aliphatic heterocycles. The maximum atomic E-state index is 11.9. The molecule has 1 heterocycles. The van der Waals surface area contributed by atoms with Crippen LogP contribution < -0.4 is 10.9 Å². The highest BCUT2D eigenvalue weighted by Gasteiger charge is 2.15. The van der Waals surface area contributed by atoms with Crippen LogP contribution in [0.2, 0.25) is 5.02 Å². The number of rotatable bonds is 7. The average Bonchev–Trinajstić information content (AvgIpc) is 2.95. The van der Waals surface area contributed by atoms with Gasteiger partial charge in [0.1, 0.15) is 5.02 Å². The molecule has 2 rings (SSSR count). The molecule has 1 saturated carbocycles. The molecule has 0 aromatic carbocycles. The predicted molar refractivity (Wildman–Crippen MR) is 80.5 cm³/mol. The first-order chi connectivity index (χ1) is 9.72. The zero-order chi connectivity index (χ0) is 14.4. The zero-order valence-corrected chi connectivity index (χ0v) is 12.7. The van der Waals surface area contributed by atoms with E-state index in [1.54, 1.807) is 6.20 Å². The molecule has 1 fully saturated rings. The van der Waals surface area contributed by atoms with E-state index >= 15 is 0 Å². The van der Waals surface area contributed by atoms with Gasteiger partial charge in [0, 0.05) is 13.1 Å². The fraction of sp³-hybridized carbons (Fsp3) is 0.714. The van der Waals surface area contributed by atoms with Crippen molar-refractivity contribution in [1.29, 1.82) is 0 Å². The van der Waals surface area contributed by atoms with Crippen LogP contribution in [0.5, 0.6) is 0 Å². The smallest absolute Gasteiger partial charge is 0.287 e. The molecule has 1 N–H and O–H groups in total. The van der Waals surface area contributed by atoms with Crippen LogP contribution >= 0.6 is 11.6 Å². The SMILES string of the molecule is CCCn1ncc(NCCOC2CCCC2)c(Cl)c1=O. The van der Waals surface area contributed by atoms with Gasteiger partial charge in [-0.3, -0.25) is 4.79 Å². The Hall–Kier alpha value is -1.07. The van der Waals surface area contributed by atoms with Crippen molar-refractivity contribution >= 4 is 17.3 Å². The lowest BCUT2D eigenvalue weighted by Crippen LogP contribution is -2.25. The number of nitrogens with zero attached hydrogens (tertiary/aromatic N) is 2. The maximum Gasteiger partial charge on any atom is 0.287 e. The first-order valence-electron chi connectivity index (χ1n) is 7.33. The van der Waals surface area contributed by atoms with E-state index in [1.807, 2.05) is 6.92 Å². The molecule has 20 heavy (non-hydrogen) atoms. The van der Waals surface area contributed by atoms with Gasteiger partial charge < -0.3 is 10.1 Å². The molecule has 0 saturated heterocycles. The van der Waals surface area contributed by atoms with E-state index in [9.17, 15) is 4.79 Å². The highest BCUT2D eigenvalue weighted by atomic mass is 35.5. The van der Waals surface area contributed by atoms with Crippen molar-refractivity contribution in [2.75, 3.05) is 18.5 Å². The van der Waals surface area contributed by atoms with Crippen molar-refractivity contribution < 1.29 is 4.74 Å². The van der Waals surface area contributed by atoms with Crippen molar-refractivity contribution in [3.63, 3.8) is 0 Å². The van der Waals surface area contributed by atoms with Crippen LogP contribution in [0.1, 0.15) is 39.0 Å². The molecule has 0 atom stereocenters. The van der Waals surface area contributed by atoms with Gasteiger partial charge in [-0.15, -0.1) is 0 Å². The molecule has 112 valence electrons. The van der Waals surface area contributed by atoms with Crippen LogP contribution in [0.3, 0.4) is 0 Å². The van der Waals surface area contributed by atoms with Crippen LogP contribution in [-0.4, -0.2) is 29.0 Å². The van der Waals surface area contributed by atoms with Crippen LogP contribution in [0.25, 0.3) is 0 Å². The second-order valence-corrected chi connectivity index (χ2v) is 5.48. The summed E-state index contributed by atoms with van der Waals surface area (Å²) in [5.74, 6) is 0. The molecule has 6 heteroatoms. The minimum Gasteiger partial charge on any atom is -0.380 e. The third-order valence-corrected chi connectivity index (χ3v) is 3.86. The standard InChI is InChI=1S/C14H22ClN3O2/c1-2-8-18-14(19)13(15)12(10-17-18)16-7-9-20-11-5-3-4-6-11/h10-11,16H,2-9H2,1H3. The fourth-order valence-electron chi connectivity index (χ4n) is 2.43. The molecular formula is C14H22ClN3O2. The van der Waals surface area contributed by atoms with E-state index in [-0.39, 0.29) is 10.6 Å². The normalized spacial score (nSPS) is 15.7. The number of aryl methyl sites for hydroxylation is 1. The second kappa shape index (κ2) is 7.64. The van der Waals surface area contributed by atoms with Gasteiger partial charge in [-0.2, -0.15) is 5.10 Å². The quantitative estimate of drug-likeness (QED) is 0.787. The van der Waals surface area contributed by atoms with Gasteiger partial charge >= 0.3 is 0 Å². The Morgan fingerprint density at radius 3 is 2.95 bits per heavy atom. The van der Waals surface area contributed by atoms with Gasteiger partial charge in [-0.25, -0.2) is 4.68 Å². The number of hydrogen-bond donors (Lipinski definition) is 1. The Labute approximate surface area is 124 Å². The Morgan fingerprint density at radius 1 is 1.50 bits per heavy atom. The maximum absolute atomic E-state index is 11.9. The van der Waals surface area contributed by atoms with Crippen LogP contribution in [-0.2, 0) is 11.3 Å². The van der Waals surface area contributed by atoms with Crippen molar-refractivity contribution in [2.24, 2.45) is 0 Å². The van der Waals surface area contributed by atoms with Gasteiger partial charge in [0.25, 0.3) is 5.56 Å². The summed E-state index contributed by atoms with van der Waals surface area (Å²) in [6.45, 7) is 3.84. The minimum absolute atomic E-state index is 0.203. The number of nitrogens with one attached hydrogen (secondary N) is 1. The van der Waals surface area contributed by atoms with Crippen molar-refractivity contribution in [1.82, 2.24) is 9.78 Å². The summed E-state index contributed by atoms with van der Waals surface area (Å²) in [7, 11) is 0. The van der Waals surface area contributed by atoms with Crippen LogP contribution in [0, 0.1) is 0 Å². The lowest BCUT2D eigenvalue weighted by Gasteiger charge is -2.13. The topological polar surface area (TPSA) is 56.1 Å². The minimum atomic E-state index is -0.241. The number of aromatic nitrogens is 2. The van der Waals surface area contributed by atoms with E-state index in [2.05, 4.69) is 10.4 Å². The number of anilines is 1. The molecular weight excluding hydrogens is 278 g/mol. The fourth-order valence-corrected chi connectivity index (χ4v) is 2.64. The van der Waals surface area contributed by atoms with Gasteiger partial charge in [0.05, 0.1) is 24.6 Å². The molecule has 0 unspecified atom stereocenters. The molecule has 0 bridgehead atoms. The zero-order valence-electron chi connectivity index (χ0n) is 11.9. The molecule has 1 aliphatic carbocycles. The predicted octanol–water partition coefficient (Wildman–Crippen LogP) is 2.68. The summed E-state index contributed by atoms with van der Waals surface area (Å²) >= 11 is 6.06. The first-order valence-corrected chi connectivity index (χ1v) is 7.71. The first kappa shape index (κ1) is 15.3. The van der Waals surface area contributed by atoms with E-state index in [0.29, 0.717) is 31.5 Å². The second-order valence-electron chi connectivity index (χ2n) is 5.10. The van der Waals surface area contributed by atoms with Gasteiger partial charge in [-0.1, -0.05) is 31.4 Å².